The fourth-order valence-corrected chi connectivity index (χ4v) is 4.13. The Morgan fingerprint density at radius 3 is 2.69 bits per heavy atom. The average Bonchev–Trinajstić information content (AvgIpc) is 3.23. The normalized spacial score (nSPS) is 27.1. The smallest absolute Gasteiger partial charge is 0.303 e. The third kappa shape index (κ3) is 3.04. The predicted octanol–water partition coefficient (Wildman–Crippen LogP) is 1.31. The van der Waals surface area contributed by atoms with Gasteiger partial charge in [0, 0.05) is 18.3 Å². The molecular weight excluding hydrogens is 378 g/mol. The molecule has 12 heteroatoms. The van der Waals surface area contributed by atoms with E-state index in [9.17, 15) is 8.42 Å². The van der Waals surface area contributed by atoms with Crippen LogP contribution in [0, 0.1) is 0 Å². The van der Waals surface area contributed by atoms with Gasteiger partial charge in [-0.3, -0.25) is 0 Å². The first kappa shape index (κ1) is 17.6. The molecule has 3 aliphatic heterocycles. The highest BCUT2D eigenvalue weighted by atomic mass is 32.2. The zero-order valence-electron chi connectivity index (χ0n) is 14.5. The summed E-state index contributed by atoms with van der Waals surface area (Å²) in [6.07, 6.45) is 6.56. The van der Waals surface area contributed by atoms with Gasteiger partial charge in [-0.2, -0.15) is 8.42 Å². The van der Waals surface area contributed by atoms with Crippen LogP contribution in [0.1, 0.15) is 0 Å². The van der Waals surface area contributed by atoms with Crippen molar-refractivity contribution in [2.24, 2.45) is 10.3 Å². The second kappa shape index (κ2) is 6.40. The number of hydrogen-bond donors (Lipinski definition) is 0. The van der Waals surface area contributed by atoms with Crippen LogP contribution in [0.3, 0.4) is 0 Å². The largest absolute Gasteiger partial charge is 0.318 e. The number of fused-ring (bicyclic) bond motifs is 1. The van der Waals surface area contributed by atoms with E-state index in [0.717, 1.165) is 29.6 Å². The summed E-state index contributed by atoms with van der Waals surface area (Å²) in [6.45, 7) is 3.13. The Bertz CT molecular complexity index is 859. The Labute approximate surface area is 156 Å². The first-order chi connectivity index (χ1) is 12.4. The SMILES string of the molecule is CN1CCN([N+]23C=CN(c4cccs4)C=C2N=NN3OS(C)(=O)=O)CC1. The first-order valence-electron chi connectivity index (χ1n) is 8.07. The van der Waals surface area contributed by atoms with Crippen LogP contribution in [0.15, 0.2) is 52.3 Å². The lowest BCUT2D eigenvalue weighted by Crippen LogP contribution is -2.66. The molecule has 4 heterocycles. The molecule has 26 heavy (non-hydrogen) atoms. The number of likely N-dealkylation sites (N-methyl/N-ethyl adjacent to an activating group) is 1. The standard InChI is InChI=1S/C14H20N7O3S2/c1-17-5-7-19(8-6-17)21-10-9-18(14-4-3-11-25-14)12-13(21)15-16-20(21)24-26(2,22)23/h3-4,9-12H,5-8H2,1-2H3/q+1. The van der Waals surface area contributed by atoms with E-state index in [1.54, 1.807) is 11.3 Å². The Morgan fingerprint density at radius 2 is 2.04 bits per heavy atom. The maximum absolute atomic E-state index is 11.7. The van der Waals surface area contributed by atoms with Gasteiger partial charge >= 0.3 is 5.82 Å². The topological polar surface area (TPSA) is 81.0 Å². The van der Waals surface area contributed by atoms with E-state index in [1.165, 1.54) is 0 Å². The number of nitrogens with zero attached hydrogens (tertiary/aromatic N) is 7. The number of thiophene rings is 1. The molecule has 3 aliphatic rings. The Morgan fingerprint density at radius 1 is 1.27 bits per heavy atom. The molecule has 140 valence electrons. The summed E-state index contributed by atoms with van der Waals surface area (Å²) in [5.74, 6) is 0.564. The van der Waals surface area contributed by atoms with Crippen LogP contribution in [0.2, 0.25) is 0 Å². The molecule has 0 aliphatic carbocycles. The lowest BCUT2D eigenvalue weighted by atomic mass is 10.3. The van der Waals surface area contributed by atoms with Gasteiger partial charge in [0.15, 0.2) is 6.20 Å². The molecule has 1 atom stereocenters. The average molecular weight is 398 g/mol. The number of hydrogen-bond acceptors (Lipinski definition) is 10. The van der Waals surface area contributed by atoms with E-state index < -0.39 is 10.1 Å². The van der Waals surface area contributed by atoms with Crippen molar-refractivity contribution >= 4 is 26.5 Å². The molecule has 4 rings (SSSR count). The Hall–Kier alpha value is -1.83. The third-order valence-corrected chi connectivity index (χ3v) is 5.67. The highest BCUT2D eigenvalue weighted by Gasteiger charge is 2.55. The molecule has 0 N–H and O–H groups in total. The molecule has 1 aromatic heterocycles. The summed E-state index contributed by atoms with van der Waals surface area (Å²) >= 11 is 1.60. The maximum Gasteiger partial charge on any atom is 0.318 e. The molecule has 1 saturated heterocycles. The van der Waals surface area contributed by atoms with Gasteiger partial charge < -0.3 is 9.80 Å². The van der Waals surface area contributed by atoms with Crippen molar-refractivity contribution in [1.29, 1.82) is 0 Å². The van der Waals surface area contributed by atoms with E-state index in [1.807, 2.05) is 41.0 Å². The van der Waals surface area contributed by atoms with Crippen molar-refractivity contribution in [3.63, 3.8) is 0 Å². The van der Waals surface area contributed by atoms with E-state index in [4.69, 9.17) is 4.28 Å². The molecule has 10 nitrogen and oxygen atoms in total. The zero-order valence-corrected chi connectivity index (χ0v) is 16.1. The number of quaternary nitrogens is 1. The van der Waals surface area contributed by atoms with Crippen LogP contribution in [-0.2, 0) is 14.4 Å². The van der Waals surface area contributed by atoms with Crippen LogP contribution in [0.5, 0.6) is 0 Å². The molecule has 1 fully saturated rings. The van der Waals surface area contributed by atoms with Gasteiger partial charge in [0.05, 0.1) is 42.0 Å². The minimum atomic E-state index is -3.76. The maximum atomic E-state index is 11.7. The van der Waals surface area contributed by atoms with Crippen molar-refractivity contribution < 1.29 is 17.4 Å². The van der Waals surface area contributed by atoms with Crippen LogP contribution in [0.25, 0.3) is 0 Å². The van der Waals surface area contributed by atoms with Crippen molar-refractivity contribution in [3.05, 3.63) is 41.9 Å². The van der Waals surface area contributed by atoms with Crippen LogP contribution in [0.4, 0.5) is 5.00 Å². The van der Waals surface area contributed by atoms with Crippen LogP contribution in [-0.4, -0.2) is 67.8 Å². The van der Waals surface area contributed by atoms with E-state index in [0.29, 0.717) is 18.9 Å². The summed E-state index contributed by atoms with van der Waals surface area (Å²) in [6, 6.07) is 3.97. The van der Waals surface area contributed by atoms with E-state index in [2.05, 4.69) is 27.3 Å². The summed E-state index contributed by atoms with van der Waals surface area (Å²) in [7, 11) is -1.70. The van der Waals surface area contributed by atoms with Crippen molar-refractivity contribution in [3.8, 4) is 0 Å². The summed E-state index contributed by atoms with van der Waals surface area (Å²) < 4.78 is 28.5. The van der Waals surface area contributed by atoms with Gasteiger partial charge in [0.1, 0.15) is 0 Å². The highest BCUT2D eigenvalue weighted by Crippen LogP contribution is 2.39. The molecule has 0 spiro atoms. The third-order valence-electron chi connectivity index (χ3n) is 4.38. The summed E-state index contributed by atoms with van der Waals surface area (Å²) in [5, 5.41) is 14.3. The number of anilines is 1. The fourth-order valence-electron chi connectivity index (χ4n) is 3.06. The van der Waals surface area contributed by atoms with Gasteiger partial charge in [-0.1, -0.05) is 9.40 Å². The minimum absolute atomic E-state index is 0.122. The number of rotatable bonds is 4. The Kier molecular flexibility index (Phi) is 4.33. The van der Waals surface area contributed by atoms with Gasteiger partial charge in [-0.05, 0) is 29.3 Å². The molecule has 1 aromatic rings. The molecule has 0 amide bonds. The van der Waals surface area contributed by atoms with Gasteiger partial charge in [0.2, 0.25) is 0 Å². The molecule has 0 bridgehead atoms. The van der Waals surface area contributed by atoms with Crippen molar-refractivity contribution in [1.82, 2.24) is 15.2 Å². The monoisotopic (exact) mass is 398 g/mol. The van der Waals surface area contributed by atoms with Crippen molar-refractivity contribution in [2.75, 3.05) is 44.4 Å². The molecular formula is C14H20N7O3S2+. The van der Waals surface area contributed by atoms with Crippen LogP contribution >= 0.6 is 11.3 Å². The Balaban J connectivity index is 1.71. The van der Waals surface area contributed by atoms with Crippen LogP contribution < -0.4 is 4.90 Å². The van der Waals surface area contributed by atoms with Crippen molar-refractivity contribution in [2.45, 2.75) is 0 Å². The second-order valence-corrected chi connectivity index (χ2v) is 8.75. The summed E-state index contributed by atoms with van der Waals surface area (Å²) in [5.41, 5.74) is 0. The van der Waals surface area contributed by atoms with Gasteiger partial charge in [-0.25, -0.2) is 0 Å². The fraction of sp³-hybridized carbons (Fsp3) is 0.429. The lowest BCUT2D eigenvalue weighted by molar-refractivity contribution is -1.08. The first-order valence-corrected chi connectivity index (χ1v) is 10.8. The van der Waals surface area contributed by atoms with Gasteiger partial charge in [-0.15, -0.1) is 16.3 Å². The van der Waals surface area contributed by atoms with E-state index >= 15 is 0 Å². The molecule has 0 saturated carbocycles. The second-order valence-electron chi connectivity index (χ2n) is 6.27. The molecule has 0 aromatic carbocycles. The minimum Gasteiger partial charge on any atom is -0.303 e. The van der Waals surface area contributed by atoms with Gasteiger partial charge in [0.25, 0.3) is 10.1 Å². The quantitative estimate of drug-likeness (QED) is 0.707. The zero-order chi connectivity index (χ0) is 18.4. The molecule has 1 unspecified atom stereocenters. The predicted molar refractivity (Wildman–Crippen MR) is 96.0 cm³/mol. The highest BCUT2D eigenvalue weighted by molar-refractivity contribution is 7.85. The summed E-state index contributed by atoms with van der Waals surface area (Å²) in [4.78, 5) is 4.16. The molecule has 0 radical (unpaired) electrons. The number of piperazine rings is 1. The lowest BCUT2D eigenvalue weighted by Gasteiger charge is -2.43. The van der Waals surface area contributed by atoms with E-state index in [-0.39, 0.29) is 4.70 Å².